The Hall–Kier alpha value is -0.810. The molecular formula is C11H16BrNO3. The van der Waals surface area contributed by atoms with E-state index in [4.69, 9.17) is 5.11 Å². The lowest BCUT2D eigenvalue weighted by Gasteiger charge is -2.34. The average molecular weight is 290 g/mol. The van der Waals surface area contributed by atoms with Gasteiger partial charge in [0.05, 0.1) is 5.57 Å². The zero-order chi connectivity index (χ0) is 12.5. The van der Waals surface area contributed by atoms with Gasteiger partial charge in [0.1, 0.15) is 6.10 Å². The van der Waals surface area contributed by atoms with Gasteiger partial charge in [-0.15, -0.1) is 0 Å². The fraction of sp³-hybridized carbons (Fsp3) is 0.545. The Balaban J connectivity index is 3.13. The summed E-state index contributed by atoms with van der Waals surface area (Å²) in [6.07, 6.45) is 1.34. The molecule has 16 heavy (non-hydrogen) atoms. The molecule has 0 spiro atoms. The third kappa shape index (κ3) is 2.30. The Morgan fingerprint density at radius 3 is 2.69 bits per heavy atom. The van der Waals surface area contributed by atoms with E-state index in [9.17, 15) is 9.90 Å². The number of hydrogen-bond acceptors (Lipinski definition) is 3. The molecule has 5 heteroatoms. The van der Waals surface area contributed by atoms with Gasteiger partial charge in [-0.05, 0) is 20.3 Å². The van der Waals surface area contributed by atoms with E-state index in [1.54, 1.807) is 0 Å². The summed E-state index contributed by atoms with van der Waals surface area (Å²) < 4.78 is 0.521. The third-order valence-electron chi connectivity index (χ3n) is 2.86. The SMILES string of the molecule is CCC(C)N1C=C(C(=O)O)C(O)C(Br)=C1C. The van der Waals surface area contributed by atoms with Crippen LogP contribution >= 0.6 is 15.9 Å². The summed E-state index contributed by atoms with van der Waals surface area (Å²) in [6, 6.07) is 0.203. The molecule has 0 radical (unpaired) electrons. The normalized spacial score (nSPS) is 23.2. The van der Waals surface area contributed by atoms with Crippen molar-refractivity contribution < 1.29 is 15.0 Å². The minimum Gasteiger partial charge on any atom is -0.478 e. The van der Waals surface area contributed by atoms with Crippen LogP contribution in [-0.4, -0.2) is 33.2 Å². The predicted octanol–water partition coefficient (Wildman–Crippen LogP) is 2.06. The molecule has 1 heterocycles. The maximum absolute atomic E-state index is 11.0. The number of carbonyl (C=O) groups is 1. The second-order valence-corrected chi connectivity index (χ2v) is 4.74. The second-order valence-electron chi connectivity index (χ2n) is 3.89. The summed E-state index contributed by atoms with van der Waals surface area (Å²) in [5, 5.41) is 18.8. The molecule has 0 saturated carbocycles. The minimum atomic E-state index is -1.09. The van der Waals surface area contributed by atoms with Crippen molar-refractivity contribution in [2.45, 2.75) is 39.3 Å². The molecule has 0 saturated heterocycles. The monoisotopic (exact) mass is 289 g/mol. The van der Waals surface area contributed by atoms with E-state index in [2.05, 4.69) is 15.9 Å². The summed E-state index contributed by atoms with van der Waals surface area (Å²) in [4.78, 5) is 12.9. The van der Waals surface area contributed by atoms with Crippen molar-refractivity contribution in [1.29, 1.82) is 0 Å². The fourth-order valence-corrected chi connectivity index (χ4v) is 2.05. The minimum absolute atomic E-state index is 0.00206. The van der Waals surface area contributed by atoms with Gasteiger partial charge in [-0.2, -0.15) is 0 Å². The van der Waals surface area contributed by atoms with Crippen LogP contribution in [0.15, 0.2) is 22.0 Å². The quantitative estimate of drug-likeness (QED) is 0.835. The summed E-state index contributed by atoms with van der Waals surface area (Å²) in [5.41, 5.74) is 0.852. The van der Waals surface area contributed by atoms with Gasteiger partial charge in [0.15, 0.2) is 0 Å². The molecule has 4 nitrogen and oxygen atoms in total. The van der Waals surface area contributed by atoms with E-state index in [-0.39, 0.29) is 11.6 Å². The maximum Gasteiger partial charge on any atom is 0.336 e. The van der Waals surface area contributed by atoms with Crippen LogP contribution in [-0.2, 0) is 4.79 Å². The van der Waals surface area contributed by atoms with Gasteiger partial charge in [0.2, 0.25) is 0 Å². The largest absolute Gasteiger partial charge is 0.478 e. The molecular weight excluding hydrogens is 274 g/mol. The van der Waals surface area contributed by atoms with E-state index < -0.39 is 12.1 Å². The highest BCUT2D eigenvalue weighted by atomic mass is 79.9. The summed E-state index contributed by atoms with van der Waals surface area (Å²) >= 11 is 3.25. The highest BCUT2D eigenvalue weighted by Gasteiger charge is 2.30. The molecule has 0 bridgehead atoms. The van der Waals surface area contributed by atoms with Crippen molar-refractivity contribution >= 4 is 21.9 Å². The van der Waals surface area contributed by atoms with Gasteiger partial charge in [0, 0.05) is 22.4 Å². The zero-order valence-electron chi connectivity index (χ0n) is 9.57. The first-order valence-electron chi connectivity index (χ1n) is 5.17. The molecule has 0 aromatic heterocycles. The maximum atomic E-state index is 11.0. The van der Waals surface area contributed by atoms with Crippen molar-refractivity contribution in [3.63, 3.8) is 0 Å². The first-order chi connectivity index (χ1) is 7.40. The fourth-order valence-electron chi connectivity index (χ4n) is 1.60. The number of nitrogens with zero attached hydrogens (tertiary/aromatic N) is 1. The lowest BCUT2D eigenvalue weighted by molar-refractivity contribution is -0.133. The zero-order valence-corrected chi connectivity index (χ0v) is 11.2. The van der Waals surface area contributed by atoms with Crippen molar-refractivity contribution in [1.82, 2.24) is 4.90 Å². The standard InChI is InChI=1S/C11H16BrNO3/c1-4-6(2)13-5-8(11(15)16)10(14)9(12)7(13)3/h5-6,10,14H,4H2,1-3H3,(H,15,16). The Morgan fingerprint density at radius 1 is 1.69 bits per heavy atom. The van der Waals surface area contributed by atoms with Crippen molar-refractivity contribution in [3.05, 3.63) is 22.0 Å². The molecule has 1 aliphatic heterocycles. The highest BCUT2D eigenvalue weighted by Crippen LogP contribution is 2.31. The van der Waals surface area contributed by atoms with Crippen LogP contribution in [0.4, 0.5) is 0 Å². The Labute approximate surface area is 103 Å². The number of carboxylic acid groups (broad SMARTS) is 1. The molecule has 1 aliphatic rings. The molecule has 2 unspecified atom stereocenters. The average Bonchev–Trinajstić information content (AvgIpc) is 2.25. The summed E-state index contributed by atoms with van der Waals surface area (Å²) in [7, 11) is 0. The van der Waals surface area contributed by atoms with Crippen molar-refractivity contribution in [3.8, 4) is 0 Å². The Kier molecular flexibility index (Phi) is 4.15. The Bertz CT molecular complexity index is 362. The number of carboxylic acids is 1. The number of aliphatic hydroxyl groups is 1. The third-order valence-corrected chi connectivity index (χ3v) is 3.87. The van der Waals surface area contributed by atoms with Crippen LogP contribution in [0.5, 0.6) is 0 Å². The van der Waals surface area contributed by atoms with Gasteiger partial charge in [-0.1, -0.05) is 22.9 Å². The number of aliphatic carboxylic acids is 1. The number of hydrogen-bond donors (Lipinski definition) is 2. The molecule has 0 fully saturated rings. The first kappa shape index (κ1) is 13.3. The van der Waals surface area contributed by atoms with E-state index in [0.29, 0.717) is 4.48 Å². The number of rotatable bonds is 3. The van der Waals surface area contributed by atoms with Gasteiger partial charge in [-0.3, -0.25) is 0 Å². The van der Waals surface area contributed by atoms with E-state index in [0.717, 1.165) is 12.1 Å². The van der Waals surface area contributed by atoms with Gasteiger partial charge >= 0.3 is 5.97 Å². The van der Waals surface area contributed by atoms with E-state index in [1.807, 2.05) is 25.7 Å². The van der Waals surface area contributed by atoms with Crippen LogP contribution in [0.25, 0.3) is 0 Å². The number of allylic oxidation sites excluding steroid dienone is 1. The number of aliphatic hydroxyl groups excluding tert-OH is 1. The van der Waals surface area contributed by atoms with Crippen molar-refractivity contribution in [2.24, 2.45) is 0 Å². The Morgan fingerprint density at radius 2 is 2.25 bits per heavy atom. The molecule has 0 aromatic carbocycles. The van der Waals surface area contributed by atoms with Crippen LogP contribution in [0.1, 0.15) is 27.2 Å². The molecule has 0 aromatic rings. The number of halogens is 1. The molecule has 0 amide bonds. The van der Waals surface area contributed by atoms with Crippen LogP contribution in [0, 0.1) is 0 Å². The van der Waals surface area contributed by atoms with Gasteiger partial charge in [-0.25, -0.2) is 4.79 Å². The van der Waals surface area contributed by atoms with Crippen molar-refractivity contribution in [2.75, 3.05) is 0 Å². The summed E-state index contributed by atoms with van der Waals surface area (Å²) in [6.45, 7) is 5.90. The second kappa shape index (κ2) is 5.01. The van der Waals surface area contributed by atoms with E-state index >= 15 is 0 Å². The molecule has 1 rings (SSSR count). The molecule has 2 atom stereocenters. The lowest BCUT2D eigenvalue weighted by Crippen LogP contribution is -2.34. The lowest BCUT2D eigenvalue weighted by atomic mass is 10.0. The predicted molar refractivity (Wildman–Crippen MR) is 64.9 cm³/mol. The van der Waals surface area contributed by atoms with E-state index in [1.165, 1.54) is 6.20 Å². The van der Waals surface area contributed by atoms with Gasteiger partial charge < -0.3 is 15.1 Å². The van der Waals surface area contributed by atoms with Crippen LogP contribution < -0.4 is 0 Å². The molecule has 0 aliphatic carbocycles. The van der Waals surface area contributed by atoms with Crippen LogP contribution in [0.2, 0.25) is 0 Å². The topological polar surface area (TPSA) is 60.8 Å². The molecule has 90 valence electrons. The first-order valence-corrected chi connectivity index (χ1v) is 5.97. The molecule has 2 N–H and O–H groups in total. The summed E-state index contributed by atoms with van der Waals surface area (Å²) in [5.74, 6) is -1.09. The van der Waals surface area contributed by atoms with Gasteiger partial charge in [0.25, 0.3) is 0 Å². The smallest absolute Gasteiger partial charge is 0.336 e. The van der Waals surface area contributed by atoms with Crippen LogP contribution in [0.3, 0.4) is 0 Å². The highest BCUT2D eigenvalue weighted by molar-refractivity contribution is 9.11.